The monoisotopic (exact) mass is 282 g/mol. The van der Waals surface area contributed by atoms with E-state index in [1.54, 1.807) is 0 Å². The average molecular weight is 282 g/mol. The zero-order valence-corrected chi connectivity index (χ0v) is 11.3. The second kappa shape index (κ2) is 5.08. The molecule has 6 nitrogen and oxygen atoms in total. The number of rotatable bonds is 5. The molecule has 1 amide bonds. The minimum absolute atomic E-state index is 0.0561. The molecule has 19 heavy (non-hydrogen) atoms. The lowest BCUT2D eigenvalue weighted by atomic mass is 10.2. The Morgan fingerprint density at radius 2 is 2.11 bits per heavy atom. The first-order chi connectivity index (χ1) is 8.94. The Bertz CT molecular complexity index is 624. The second-order valence-electron chi connectivity index (χ2n) is 4.40. The number of unbranched alkanes of at least 4 members (excludes halogenated alkanes) is 1. The van der Waals surface area contributed by atoms with Crippen LogP contribution in [0.3, 0.4) is 0 Å². The number of nitrogens with zero attached hydrogens (tertiary/aromatic N) is 2. The van der Waals surface area contributed by atoms with E-state index in [1.807, 2.05) is 0 Å². The van der Waals surface area contributed by atoms with Gasteiger partial charge in [0.05, 0.1) is 5.56 Å². The van der Waals surface area contributed by atoms with Crippen molar-refractivity contribution in [3.63, 3.8) is 0 Å². The third-order valence-electron chi connectivity index (χ3n) is 2.90. The van der Waals surface area contributed by atoms with Crippen molar-refractivity contribution < 1.29 is 18.0 Å². The fourth-order valence-electron chi connectivity index (χ4n) is 1.96. The Balaban J connectivity index is 2.12. The number of carbonyl (C=O) groups is 2. The second-order valence-corrected chi connectivity index (χ2v) is 6.18. The maximum Gasteiger partial charge on any atom is 0.285 e. The minimum Gasteiger partial charge on any atom is -0.300 e. The Morgan fingerprint density at radius 1 is 1.37 bits per heavy atom. The summed E-state index contributed by atoms with van der Waals surface area (Å²) in [6.45, 7) is 1.57. The van der Waals surface area contributed by atoms with Crippen molar-refractivity contribution in [3.8, 4) is 0 Å². The number of aromatic nitrogens is 1. The summed E-state index contributed by atoms with van der Waals surface area (Å²) in [5, 5.41) is -0.174. The molecule has 0 atom stereocenters. The fraction of sp³-hybridized carbons (Fsp3) is 0.417. The molecule has 1 aliphatic heterocycles. The highest BCUT2D eigenvalue weighted by Crippen LogP contribution is 2.28. The first-order valence-electron chi connectivity index (χ1n) is 5.96. The molecule has 2 rings (SSSR count). The Kier molecular flexibility index (Phi) is 3.66. The van der Waals surface area contributed by atoms with Crippen molar-refractivity contribution in [2.75, 3.05) is 6.54 Å². The quantitative estimate of drug-likeness (QED) is 0.752. The summed E-state index contributed by atoms with van der Waals surface area (Å²) in [5.74, 6) is -0.480. The van der Waals surface area contributed by atoms with Crippen molar-refractivity contribution in [3.05, 3.63) is 23.9 Å². The lowest BCUT2D eigenvalue weighted by Gasteiger charge is -2.13. The highest BCUT2D eigenvalue weighted by Gasteiger charge is 2.41. The van der Waals surface area contributed by atoms with E-state index in [9.17, 15) is 18.0 Å². The Morgan fingerprint density at radius 3 is 2.74 bits per heavy atom. The fourth-order valence-corrected chi connectivity index (χ4v) is 3.48. The summed E-state index contributed by atoms with van der Waals surface area (Å²) in [6, 6.07) is 2.99. The highest BCUT2D eigenvalue weighted by molar-refractivity contribution is 7.90. The number of amides is 1. The lowest BCUT2D eigenvalue weighted by molar-refractivity contribution is -0.117. The maximum atomic E-state index is 12.1. The number of fused-ring (bicyclic) bond motifs is 1. The molecule has 0 bridgehead atoms. The first kappa shape index (κ1) is 13.7. The van der Waals surface area contributed by atoms with Crippen LogP contribution in [-0.4, -0.2) is 35.9 Å². The van der Waals surface area contributed by atoms with Crippen LogP contribution in [0.2, 0.25) is 0 Å². The molecule has 1 aromatic rings. The molecule has 0 saturated carbocycles. The van der Waals surface area contributed by atoms with E-state index in [2.05, 4.69) is 4.98 Å². The molecular weight excluding hydrogens is 268 g/mol. The van der Waals surface area contributed by atoms with Gasteiger partial charge in [0.2, 0.25) is 0 Å². The largest absolute Gasteiger partial charge is 0.300 e. The topological polar surface area (TPSA) is 84.4 Å². The molecule has 0 radical (unpaired) electrons. The van der Waals surface area contributed by atoms with E-state index < -0.39 is 15.9 Å². The van der Waals surface area contributed by atoms with Crippen LogP contribution in [0.25, 0.3) is 0 Å². The average Bonchev–Trinajstić information content (AvgIpc) is 2.55. The molecule has 1 aromatic heterocycles. The van der Waals surface area contributed by atoms with E-state index in [0.29, 0.717) is 19.3 Å². The number of sulfonamides is 1. The minimum atomic E-state index is -3.81. The SMILES string of the molecule is CC(=O)CCCCN1C(=O)c2cccnc2S1(=O)=O. The van der Waals surface area contributed by atoms with Crippen LogP contribution in [-0.2, 0) is 14.8 Å². The van der Waals surface area contributed by atoms with Gasteiger partial charge in [0.15, 0.2) is 5.03 Å². The number of pyridine rings is 1. The summed E-state index contributed by atoms with van der Waals surface area (Å²) in [5.41, 5.74) is 0.120. The predicted octanol–water partition coefficient (Wildman–Crippen LogP) is 0.985. The van der Waals surface area contributed by atoms with Gasteiger partial charge in [0.25, 0.3) is 15.9 Å². The third-order valence-corrected chi connectivity index (χ3v) is 4.65. The summed E-state index contributed by atoms with van der Waals surface area (Å²) in [4.78, 5) is 26.5. The van der Waals surface area contributed by atoms with Crippen LogP contribution in [0.5, 0.6) is 0 Å². The van der Waals surface area contributed by atoms with E-state index in [0.717, 1.165) is 4.31 Å². The maximum absolute atomic E-state index is 12.1. The molecule has 7 heteroatoms. The van der Waals surface area contributed by atoms with Gasteiger partial charge < -0.3 is 4.79 Å². The summed E-state index contributed by atoms with van der Waals surface area (Å²) in [7, 11) is -3.81. The van der Waals surface area contributed by atoms with Crippen LogP contribution >= 0.6 is 0 Å². The van der Waals surface area contributed by atoms with Gasteiger partial charge in [-0.3, -0.25) is 4.79 Å². The number of ketones is 1. The standard InChI is InChI=1S/C12H14N2O4S/c1-9(15)5-2-3-8-14-12(16)10-6-4-7-13-11(10)19(14,17)18/h4,6-7H,2-3,5,8H2,1H3. The van der Waals surface area contributed by atoms with E-state index in [4.69, 9.17) is 0 Å². The molecular formula is C12H14N2O4S. The predicted molar refractivity (Wildman–Crippen MR) is 67.0 cm³/mol. The van der Waals surface area contributed by atoms with Crippen molar-refractivity contribution in [2.24, 2.45) is 0 Å². The van der Waals surface area contributed by atoms with Gasteiger partial charge in [-0.2, -0.15) is 8.42 Å². The summed E-state index contributed by atoms with van der Waals surface area (Å²) < 4.78 is 25.0. The molecule has 102 valence electrons. The van der Waals surface area contributed by atoms with Gasteiger partial charge in [-0.05, 0) is 31.9 Å². The van der Waals surface area contributed by atoms with Gasteiger partial charge in [0, 0.05) is 19.2 Å². The summed E-state index contributed by atoms with van der Waals surface area (Å²) in [6.07, 6.45) is 2.78. The van der Waals surface area contributed by atoms with Gasteiger partial charge in [-0.25, -0.2) is 9.29 Å². The first-order valence-corrected chi connectivity index (χ1v) is 7.40. The Hall–Kier alpha value is -1.76. The number of carbonyl (C=O) groups excluding carboxylic acids is 2. The molecule has 2 heterocycles. The molecule has 0 N–H and O–H groups in total. The van der Waals surface area contributed by atoms with Gasteiger partial charge >= 0.3 is 0 Å². The molecule has 0 unspecified atom stereocenters. The van der Waals surface area contributed by atoms with Crippen LogP contribution in [0.1, 0.15) is 36.5 Å². The normalized spacial score (nSPS) is 16.5. The van der Waals surface area contributed by atoms with Crippen LogP contribution in [0, 0.1) is 0 Å². The van der Waals surface area contributed by atoms with E-state index >= 15 is 0 Å². The molecule has 0 aromatic carbocycles. The van der Waals surface area contributed by atoms with Crippen LogP contribution in [0.4, 0.5) is 0 Å². The number of Topliss-reactive ketones (excluding diaryl/α,β-unsaturated/α-hetero) is 1. The molecule has 0 aliphatic carbocycles. The smallest absolute Gasteiger partial charge is 0.285 e. The van der Waals surface area contributed by atoms with Gasteiger partial charge in [0.1, 0.15) is 5.78 Å². The van der Waals surface area contributed by atoms with Crippen molar-refractivity contribution in [1.29, 1.82) is 0 Å². The lowest BCUT2D eigenvalue weighted by Crippen LogP contribution is -2.31. The molecule has 0 spiro atoms. The third kappa shape index (κ3) is 2.51. The van der Waals surface area contributed by atoms with Crippen LogP contribution in [0.15, 0.2) is 23.4 Å². The highest BCUT2D eigenvalue weighted by atomic mass is 32.2. The number of hydrogen-bond acceptors (Lipinski definition) is 5. The number of hydrogen-bond donors (Lipinski definition) is 0. The summed E-state index contributed by atoms with van der Waals surface area (Å²) >= 11 is 0. The van der Waals surface area contributed by atoms with Gasteiger partial charge in [-0.15, -0.1) is 0 Å². The van der Waals surface area contributed by atoms with E-state index in [-0.39, 0.29) is 22.9 Å². The van der Waals surface area contributed by atoms with Crippen molar-refractivity contribution >= 4 is 21.7 Å². The van der Waals surface area contributed by atoms with Crippen molar-refractivity contribution in [2.45, 2.75) is 31.2 Å². The molecule has 0 saturated heterocycles. The van der Waals surface area contributed by atoms with Crippen LogP contribution < -0.4 is 0 Å². The molecule has 1 aliphatic rings. The molecule has 0 fully saturated rings. The Labute approximate surface area is 111 Å². The van der Waals surface area contributed by atoms with E-state index in [1.165, 1.54) is 25.3 Å². The zero-order valence-electron chi connectivity index (χ0n) is 10.5. The zero-order chi connectivity index (χ0) is 14.0. The van der Waals surface area contributed by atoms with Crippen molar-refractivity contribution in [1.82, 2.24) is 9.29 Å². The van der Waals surface area contributed by atoms with Gasteiger partial charge in [-0.1, -0.05) is 0 Å².